The SMILES string of the molecule is O=C(CNc1ccc2ccccc2c1)N/N=C/c1ccc(Br)o1. The van der Waals surface area contributed by atoms with Gasteiger partial charge in [-0.3, -0.25) is 4.79 Å². The summed E-state index contributed by atoms with van der Waals surface area (Å²) in [5.41, 5.74) is 3.33. The second-order valence-electron chi connectivity index (χ2n) is 4.85. The van der Waals surface area contributed by atoms with Gasteiger partial charge in [0.1, 0.15) is 5.76 Å². The molecular formula is C17H14BrN3O2. The molecule has 1 heterocycles. The molecule has 116 valence electrons. The third kappa shape index (κ3) is 4.20. The van der Waals surface area contributed by atoms with Crippen molar-refractivity contribution in [1.82, 2.24) is 5.43 Å². The molecule has 0 aliphatic rings. The van der Waals surface area contributed by atoms with Crippen LogP contribution < -0.4 is 10.7 Å². The molecule has 1 aromatic heterocycles. The fraction of sp³-hybridized carbons (Fsp3) is 0.0588. The van der Waals surface area contributed by atoms with Crippen molar-refractivity contribution in [2.24, 2.45) is 5.10 Å². The summed E-state index contributed by atoms with van der Waals surface area (Å²) in [7, 11) is 0. The van der Waals surface area contributed by atoms with Crippen LogP contribution in [0.25, 0.3) is 10.8 Å². The Hall–Kier alpha value is -2.60. The lowest BCUT2D eigenvalue weighted by atomic mass is 10.1. The van der Waals surface area contributed by atoms with E-state index in [4.69, 9.17) is 4.42 Å². The smallest absolute Gasteiger partial charge is 0.259 e. The Morgan fingerprint density at radius 1 is 1.13 bits per heavy atom. The molecule has 6 heteroatoms. The van der Waals surface area contributed by atoms with Crippen molar-refractivity contribution in [3.8, 4) is 0 Å². The maximum absolute atomic E-state index is 11.7. The zero-order chi connectivity index (χ0) is 16.1. The fourth-order valence-corrected chi connectivity index (χ4v) is 2.41. The Kier molecular flexibility index (Phi) is 4.73. The molecule has 0 fully saturated rings. The second kappa shape index (κ2) is 7.11. The van der Waals surface area contributed by atoms with Gasteiger partial charge in [-0.1, -0.05) is 30.3 Å². The molecule has 0 radical (unpaired) electrons. The fourth-order valence-electron chi connectivity index (χ4n) is 2.09. The summed E-state index contributed by atoms with van der Waals surface area (Å²) in [6.07, 6.45) is 1.44. The van der Waals surface area contributed by atoms with Crippen molar-refractivity contribution in [2.45, 2.75) is 0 Å². The van der Waals surface area contributed by atoms with Crippen molar-refractivity contribution in [3.05, 3.63) is 65.0 Å². The number of nitrogens with zero attached hydrogens (tertiary/aromatic N) is 1. The van der Waals surface area contributed by atoms with E-state index < -0.39 is 0 Å². The van der Waals surface area contributed by atoms with Gasteiger partial charge >= 0.3 is 0 Å². The molecule has 0 saturated heterocycles. The van der Waals surface area contributed by atoms with E-state index in [1.165, 1.54) is 6.21 Å². The number of carbonyl (C=O) groups is 1. The Bertz CT molecular complexity index is 858. The van der Waals surface area contributed by atoms with Gasteiger partial charge in [0, 0.05) is 5.69 Å². The van der Waals surface area contributed by atoms with Gasteiger partial charge in [0.25, 0.3) is 5.91 Å². The van der Waals surface area contributed by atoms with Crippen molar-refractivity contribution in [3.63, 3.8) is 0 Å². The summed E-state index contributed by atoms with van der Waals surface area (Å²) in [6.45, 7) is 0.136. The highest BCUT2D eigenvalue weighted by Crippen LogP contribution is 2.18. The molecule has 5 nitrogen and oxygen atoms in total. The number of anilines is 1. The summed E-state index contributed by atoms with van der Waals surface area (Å²) in [5, 5.41) is 9.20. The first-order valence-corrected chi connectivity index (χ1v) is 7.80. The Labute approximate surface area is 141 Å². The average Bonchev–Trinajstić information content (AvgIpc) is 2.98. The van der Waals surface area contributed by atoms with Crippen LogP contribution >= 0.6 is 15.9 Å². The zero-order valence-corrected chi connectivity index (χ0v) is 13.7. The van der Waals surface area contributed by atoms with Crippen LogP contribution in [0.4, 0.5) is 5.69 Å². The molecule has 2 N–H and O–H groups in total. The summed E-state index contributed by atoms with van der Waals surface area (Å²) in [5.74, 6) is 0.319. The average molecular weight is 372 g/mol. The van der Waals surface area contributed by atoms with Crippen LogP contribution in [0.1, 0.15) is 5.76 Å². The predicted octanol–water partition coefficient (Wildman–Crippen LogP) is 3.76. The van der Waals surface area contributed by atoms with Gasteiger partial charge in [0.05, 0.1) is 12.8 Å². The number of halogens is 1. The van der Waals surface area contributed by atoms with Crippen LogP contribution in [0.15, 0.2) is 68.8 Å². The maximum atomic E-state index is 11.7. The van der Waals surface area contributed by atoms with E-state index >= 15 is 0 Å². The van der Waals surface area contributed by atoms with Crippen LogP contribution in [0.3, 0.4) is 0 Å². The van der Waals surface area contributed by atoms with Gasteiger partial charge < -0.3 is 9.73 Å². The number of rotatable bonds is 5. The van der Waals surface area contributed by atoms with Gasteiger partial charge in [-0.2, -0.15) is 5.10 Å². The summed E-state index contributed by atoms with van der Waals surface area (Å²) < 4.78 is 5.85. The largest absolute Gasteiger partial charge is 0.448 e. The molecule has 0 aliphatic heterocycles. The Morgan fingerprint density at radius 2 is 1.96 bits per heavy atom. The van der Waals surface area contributed by atoms with Crippen LogP contribution in [-0.2, 0) is 4.79 Å². The first-order chi connectivity index (χ1) is 11.2. The van der Waals surface area contributed by atoms with Gasteiger partial charge in [0.2, 0.25) is 0 Å². The third-order valence-electron chi connectivity index (χ3n) is 3.18. The molecule has 3 rings (SSSR count). The van der Waals surface area contributed by atoms with Crippen LogP contribution in [0.2, 0.25) is 0 Å². The lowest BCUT2D eigenvalue weighted by Gasteiger charge is -2.06. The highest BCUT2D eigenvalue weighted by molar-refractivity contribution is 9.10. The minimum absolute atomic E-state index is 0.136. The minimum atomic E-state index is -0.236. The van der Waals surface area contributed by atoms with E-state index in [1.54, 1.807) is 12.1 Å². The standard InChI is InChI=1S/C17H14BrN3O2/c18-16-8-7-15(23-16)10-20-21-17(22)11-19-14-6-5-12-3-1-2-4-13(12)9-14/h1-10,19H,11H2,(H,21,22)/b20-10+. The molecule has 1 amide bonds. The lowest BCUT2D eigenvalue weighted by Crippen LogP contribution is -2.25. The summed E-state index contributed by atoms with van der Waals surface area (Å²) in [6, 6.07) is 17.5. The first-order valence-electron chi connectivity index (χ1n) is 7.01. The molecule has 0 bridgehead atoms. The quantitative estimate of drug-likeness (QED) is 0.530. The van der Waals surface area contributed by atoms with E-state index in [-0.39, 0.29) is 12.5 Å². The van der Waals surface area contributed by atoms with E-state index in [0.717, 1.165) is 16.5 Å². The number of hydrogen-bond acceptors (Lipinski definition) is 4. The highest BCUT2D eigenvalue weighted by Gasteiger charge is 2.01. The topological polar surface area (TPSA) is 66.6 Å². The van der Waals surface area contributed by atoms with Gasteiger partial charge in [0.15, 0.2) is 4.67 Å². The predicted molar refractivity (Wildman–Crippen MR) is 94.6 cm³/mol. The monoisotopic (exact) mass is 371 g/mol. The normalized spacial score (nSPS) is 11.0. The molecule has 23 heavy (non-hydrogen) atoms. The van der Waals surface area contributed by atoms with Gasteiger partial charge in [-0.05, 0) is 51.0 Å². The number of amides is 1. The van der Waals surface area contributed by atoms with E-state index in [9.17, 15) is 4.79 Å². The Balaban J connectivity index is 1.52. The molecule has 0 spiro atoms. The highest BCUT2D eigenvalue weighted by atomic mass is 79.9. The minimum Gasteiger partial charge on any atom is -0.448 e. The molecular weight excluding hydrogens is 358 g/mol. The maximum Gasteiger partial charge on any atom is 0.259 e. The van der Waals surface area contributed by atoms with Crippen LogP contribution in [0, 0.1) is 0 Å². The lowest BCUT2D eigenvalue weighted by molar-refractivity contribution is -0.119. The van der Waals surface area contributed by atoms with Crippen molar-refractivity contribution in [1.29, 1.82) is 0 Å². The van der Waals surface area contributed by atoms with Crippen molar-refractivity contribution >= 4 is 44.5 Å². The van der Waals surface area contributed by atoms with E-state index in [2.05, 4.69) is 31.8 Å². The van der Waals surface area contributed by atoms with E-state index in [0.29, 0.717) is 10.4 Å². The molecule has 2 aromatic carbocycles. The number of fused-ring (bicyclic) bond motifs is 1. The van der Waals surface area contributed by atoms with Crippen LogP contribution in [-0.4, -0.2) is 18.7 Å². The number of nitrogens with one attached hydrogen (secondary N) is 2. The van der Waals surface area contributed by atoms with Crippen LogP contribution in [0.5, 0.6) is 0 Å². The van der Waals surface area contributed by atoms with Crippen molar-refractivity contribution < 1.29 is 9.21 Å². The number of hydrazone groups is 1. The molecule has 3 aromatic rings. The molecule has 0 atom stereocenters. The number of hydrogen-bond donors (Lipinski definition) is 2. The first kappa shape index (κ1) is 15.3. The second-order valence-corrected chi connectivity index (χ2v) is 5.63. The van der Waals surface area contributed by atoms with Gasteiger partial charge in [-0.25, -0.2) is 5.43 Å². The zero-order valence-electron chi connectivity index (χ0n) is 12.1. The molecule has 0 aliphatic carbocycles. The van der Waals surface area contributed by atoms with Gasteiger partial charge in [-0.15, -0.1) is 0 Å². The third-order valence-corrected chi connectivity index (χ3v) is 3.60. The molecule has 0 saturated carbocycles. The summed E-state index contributed by atoms with van der Waals surface area (Å²) in [4.78, 5) is 11.7. The molecule has 0 unspecified atom stereocenters. The Morgan fingerprint density at radius 3 is 2.74 bits per heavy atom. The number of benzene rings is 2. The summed E-state index contributed by atoms with van der Waals surface area (Å²) >= 11 is 3.20. The number of carbonyl (C=O) groups excluding carboxylic acids is 1. The van der Waals surface area contributed by atoms with E-state index in [1.807, 2.05) is 42.5 Å². The number of furan rings is 1. The van der Waals surface area contributed by atoms with Crippen molar-refractivity contribution in [2.75, 3.05) is 11.9 Å².